The van der Waals surface area contributed by atoms with E-state index >= 15 is 0 Å². The second-order valence-electron chi connectivity index (χ2n) is 6.59. The van der Waals surface area contributed by atoms with E-state index in [1.807, 2.05) is 24.3 Å². The van der Waals surface area contributed by atoms with Crippen LogP contribution in [0.25, 0.3) is 0 Å². The molecule has 0 radical (unpaired) electrons. The molecule has 0 spiro atoms. The number of carboxylic acids is 1. The Morgan fingerprint density at radius 1 is 1.30 bits per heavy atom. The van der Waals surface area contributed by atoms with E-state index in [1.165, 1.54) is 12.8 Å². The molecule has 5 nitrogen and oxygen atoms in total. The van der Waals surface area contributed by atoms with Gasteiger partial charge >= 0.3 is 5.97 Å². The Balaban J connectivity index is 1.41. The van der Waals surface area contributed by atoms with Crippen LogP contribution in [0.5, 0.6) is 11.5 Å². The van der Waals surface area contributed by atoms with Crippen molar-refractivity contribution in [3.05, 3.63) is 24.3 Å². The summed E-state index contributed by atoms with van der Waals surface area (Å²) in [5.41, 5.74) is 0. The zero-order chi connectivity index (χ0) is 16.2. The zero-order valence-corrected chi connectivity index (χ0v) is 13.6. The van der Waals surface area contributed by atoms with Gasteiger partial charge in [-0.05, 0) is 43.2 Å². The van der Waals surface area contributed by atoms with Crippen molar-refractivity contribution < 1.29 is 19.4 Å². The second kappa shape index (κ2) is 7.21. The van der Waals surface area contributed by atoms with Crippen molar-refractivity contribution >= 4 is 5.97 Å². The van der Waals surface area contributed by atoms with Gasteiger partial charge < -0.3 is 19.5 Å². The van der Waals surface area contributed by atoms with E-state index in [4.69, 9.17) is 9.47 Å². The quantitative estimate of drug-likeness (QED) is 0.746. The van der Waals surface area contributed by atoms with E-state index in [1.54, 1.807) is 7.11 Å². The van der Waals surface area contributed by atoms with E-state index in [-0.39, 0.29) is 5.92 Å². The number of ether oxygens (including phenoxy) is 2. The maximum atomic E-state index is 11.4. The summed E-state index contributed by atoms with van der Waals surface area (Å²) in [5, 5.41) is 9.38. The van der Waals surface area contributed by atoms with Gasteiger partial charge in [0.1, 0.15) is 11.5 Å². The van der Waals surface area contributed by atoms with Gasteiger partial charge in [0.15, 0.2) is 0 Å². The lowest BCUT2D eigenvalue weighted by molar-refractivity contribution is -0.142. The van der Waals surface area contributed by atoms with Gasteiger partial charge in [-0.15, -0.1) is 0 Å². The monoisotopic (exact) mass is 319 g/mol. The highest BCUT2D eigenvalue weighted by atomic mass is 16.5. The van der Waals surface area contributed by atoms with Crippen LogP contribution in [0.4, 0.5) is 0 Å². The molecule has 1 saturated carbocycles. The molecule has 126 valence electrons. The van der Waals surface area contributed by atoms with Crippen LogP contribution in [0.3, 0.4) is 0 Å². The third-order valence-corrected chi connectivity index (χ3v) is 4.91. The van der Waals surface area contributed by atoms with Crippen molar-refractivity contribution in [3.63, 3.8) is 0 Å². The van der Waals surface area contributed by atoms with E-state index in [0.717, 1.165) is 31.0 Å². The first kappa shape index (κ1) is 16.1. The molecule has 0 unspecified atom stereocenters. The molecule has 0 bridgehead atoms. The van der Waals surface area contributed by atoms with Gasteiger partial charge in [-0.1, -0.05) is 6.07 Å². The van der Waals surface area contributed by atoms with Crippen molar-refractivity contribution in [1.29, 1.82) is 0 Å². The molecular formula is C18H25NO4. The third kappa shape index (κ3) is 4.16. The molecule has 1 N–H and O–H groups in total. The average molecular weight is 319 g/mol. The molecule has 0 aromatic heterocycles. The molecule has 23 heavy (non-hydrogen) atoms. The summed E-state index contributed by atoms with van der Waals surface area (Å²) in [5.74, 6) is 1.79. The van der Waals surface area contributed by atoms with Crippen molar-refractivity contribution in [3.8, 4) is 11.5 Å². The van der Waals surface area contributed by atoms with E-state index < -0.39 is 5.97 Å². The summed E-state index contributed by atoms with van der Waals surface area (Å²) in [6.45, 7) is 3.16. The Morgan fingerprint density at radius 2 is 2.09 bits per heavy atom. The highest BCUT2D eigenvalue weighted by molar-refractivity contribution is 5.71. The summed E-state index contributed by atoms with van der Waals surface area (Å²) in [6, 6.07) is 7.59. The van der Waals surface area contributed by atoms with Crippen LogP contribution in [-0.4, -0.2) is 49.3 Å². The Labute approximate surface area is 137 Å². The summed E-state index contributed by atoms with van der Waals surface area (Å²) < 4.78 is 10.9. The summed E-state index contributed by atoms with van der Waals surface area (Å²) >= 11 is 0. The van der Waals surface area contributed by atoms with Gasteiger partial charge in [0, 0.05) is 25.7 Å². The van der Waals surface area contributed by atoms with Gasteiger partial charge in [-0.3, -0.25) is 4.79 Å². The minimum absolute atomic E-state index is 0.179. The molecule has 1 aliphatic heterocycles. The zero-order valence-electron chi connectivity index (χ0n) is 13.6. The predicted molar refractivity (Wildman–Crippen MR) is 86.9 cm³/mol. The maximum absolute atomic E-state index is 11.4. The standard InChI is InChI=1S/C18H25NO4/c1-22-14-4-2-5-15(10-14)23-9-3-8-19-11-16(13-6-7-13)17(12-19)18(20)21/h2,4-5,10,13,16-17H,3,6-9,11-12H2,1H3,(H,20,21)/t16-,17+/m1/s1. The van der Waals surface area contributed by atoms with Crippen LogP contribution in [-0.2, 0) is 4.79 Å². The number of likely N-dealkylation sites (tertiary alicyclic amines) is 1. The highest BCUT2D eigenvalue weighted by Crippen LogP contribution is 2.44. The lowest BCUT2D eigenvalue weighted by atomic mass is 9.92. The first-order valence-electron chi connectivity index (χ1n) is 8.39. The molecular weight excluding hydrogens is 294 g/mol. The molecule has 1 aromatic carbocycles. The SMILES string of the molecule is COc1cccc(OCCCN2C[C@H](C(=O)O)[C@@H](C3CC3)C2)c1. The first-order valence-corrected chi connectivity index (χ1v) is 8.39. The number of carboxylic acid groups (broad SMARTS) is 1. The van der Waals surface area contributed by atoms with Gasteiger partial charge in [-0.2, -0.15) is 0 Å². The van der Waals surface area contributed by atoms with Crippen LogP contribution in [0.2, 0.25) is 0 Å². The van der Waals surface area contributed by atoms with Gasteiger partial charge in [0.05, 0.1) is 19.6 Å². The largest absolute Gasteiger partial charge is 0.497 e. The van der Waals surface area contributed by atoms with E-state index in [0.29, 0.717) is 25.0 Å². The molecule has 5 heteroatoms. The van der Waals surface area contributed by atoms with Crippen molar-refractivity contribution in [2.24, 2.45) is 17.8 Å². The fourth-order valence-electron chi connectivity index (χ4n) is 3.53. The summed E-state index contributed by atoms with van der Waals surface area (Å²) in [6.07, 6.45) is 3.32. The number of aliphatic carboxylic acids is 1. The normalized spacial score (nSPS) is 24.6. The number of rotatable bonds is 8. The summed E-state index contributed by atoms with van der Waals surface area (Å²) in [7, 11) is 1.64. The molecule has 0 amide bonds. The van der Waals surface area contributed by atoms with E-state index in [2.05, 4.69) is 4.90 Å². The molecule has 2 atom stereocenters. The maximum Gasteiger partial charge on any atom is 0.308 e. The minimum Gasteiger partial charge on any atom is -0.497 e. The Kier molecular flexibility index (Phi) is 5.06. The van der Waals surface area contributed by atoms with Crippen LogP contribution in [0, 0.1) is 17.8 Å². The topological polar surface area (TPSA) is 59.0 Å². The highest BCUT2D eigenvalue weighted by Gasteiger charge is 2.45. The number of hydrogen-bond donors (Lipinski definition) is 1. The molecule has 2 aliphatic rings. The van der Waals surface area contributed by atoms with Gasteiger partial charge in [0.2, 0.25) is 0 Å². The molecule has 2 fully saturated rings. The van der Waals surface area contributed by atoms with Gasteiger partial charge in [-0.25, -0.2) is 0 Å². The van der Waals surface area contributed by atoms with Crippen LogP contribution in [0.15, 0.2) is 24.3 Å². The number of nitrogens with zero attached hydrogens (tertiary/aromatic N) is 1. The van der Waals surface area contributed by atoms with E-state index in [9.17, 15) is 9.90 Å². The predicted octanol–water partition coefficient (Wildman–Crippen LogP) is 2.51. The lowest BCUT2D eigenvalue weighted by Gasteiger charge is -2.15. The number of methoxy groups -OCH3 is 1. The molecule has 1 saturated heterocycles. The van der Waals surface area contributed by atoms with Crippen LogP contribution >= 0.6 is 0 Å². The van der Waals surface area contributed by atoms with Crippen LogP contribution in [0.1, 0.15) is 19.3 Å². The number of hydrogen-bond acceptors (Lipinski definition) is 4. The molecule has 1 heterocycles. The third-order valence-electron chi connectivity index (χ3n) is 4.91. The average Bonchev–Trinajstić information content (AvgIpc) is 3.31. The molecule has 3 rings (SSSR count). The second-order valence-corrected chi connectivity index (χ2v) is 6.59. The summed E-state index contributed by atoms with van der Waals surface area (Å²) in [4.78, 5) is 13.7. The minimum atomic E-state index is -0.628. The lowest BCUT2D eigenvalue weighted by Crippen LogP contribution is -2.25. The Hall–Kier alpha value is -1.75. The van der Waals surface area contributed by atoms with Crippen molar-refractivity contribution in [2.75, 3.05) is 33.4 Å². The fraction of sp³-hybridized carbons (Fsp3) is 0.611. The molecule has 1 aromatic rings. The van der Waals surface area contributed by atoms with Gasteiger partial charge in [0.25, 0.3) is 0 Å². The number of carbonyl (C=O) groups is 1. The van der Waals surface area contributed by atoms with Crippen molar-refractivity contribution in [1.82, 2.24) is 4.90 Å². The molecule has 1 aliphatic carbocycles. The van der Waals surface area contributed by atoms with Crippen LogP contribution < -0.4 is 9.47 Å². The first-order chi connectivity index (χ1) is 11.2. The fourth-order valence-corrected chi connectivity index (χ4v) is 3.53. The Morgan fingerprint density at radius 3 is 2.78 bits per heavy atom. The van der Waals surface area contributed by atoms with Crippen molar-refractivity contribution in [2.45, 2.75) is 19.3 Å². The smallest absolute Gasteiger partial charge is 0.308 e. The number of benzene rings is 1. The Bertz CT molecular complexity index is 544.